The molecule has 0 unspecified atom stereocenters. The smallest absolute Gasteiger partial charge is 0.475 e. The van der Waals surface area contributed by atoms with Crippen LogP contribution in [0.1, 0.15) is 22.1 Å². The van der Waals surface area contributed by atoms with Gasteiger partial charge in [0.15, 0.2) is 3.92 Å². The van der Waals surface area contributed by atoms with Gasteiger partial charge < -0.3 is 20.3 Å². The first-order valence-corrected chi connectivity index (χ1v) is 10.0. The molecule has 3 aromatic rings. The fraction of sp³-hybridized carbons (Fsp3) is 0.278. The van der Waals surface area contributed by atoms with Gasteiger partial charge in [-0.15, -0.1) is 0 Å². The van der Waals surface area contributed by atoms with Crippen LogP contribution in [0.3, 0.4) is 0 Å². The normalized spacial score (nSPS) is 12.4. The summed E-state index contributed by atoms with van der Waals surface area (Å²) in [5.74, 6) is -2.88. The van der Waals surface area contributed by atoms with Gasteiger partial charge in [0.25, 0.3) is 5.91 Å². The van der Waals surface area contributed by atoms with Crippen LogP contribution in [0.5, 0.6) is 0 Å². The number of aromatic nitrogens is 2. The van der Waals surface area contributed by atoms with Gasteiger partial charge in [-0.05, 0) is 41.7 Å². The first-order valence-electron chi connectivity index (χ1n) is 8.43. The summed E-state index contributed by atoms with van der Waals surface area (Å²) in [4.78, 5) is 31.9. The zero-order valence-electron chi connectivity index (χ0n) is 15.8. The summed E-state index contributed by atoms with van der Waals surface area (Å²) in [6.45, 7) is 0.731. The van der Waals surface area contributed by atoms with Gasteiger partial charge in [0.05, 0.1) is 6.04 Å². The van der Waals surface area contributed by atoms with E-state index in [0.29, 0.717) is 5.69 Å². The Hall–Kier alpha value is -2.44. The number of carbonyl (C=O) groups is 2. The second-order valence-electron chi connectivity index (χ2n) is 6.37. The quantitative estimate of drug-likeness (QED) is 0.484. The van der Waals surface area contributed by atoms with Crippen LogP contribution < -0.4 is 5.32 Å². The highest BCUT2D eigenvalue weighted by atomic mass is 79.9. The predicted molar refractivity (Wildman–Crippen MR) is 111 cm³/mol. The molecule has 1 aromatic carbocycles. The predicted octanol–water partition coefficient (Wildman–Crippen LogP) is 4.05. The van der Waals surface area contributed by atoms with Gasteiger partial charge in [-0.25, -0.2) is 9.78 Å². The van der Waals surface area contributed by atoms with Crippen molar-refractivity contribution in [2.45, 2.75) is 12.2 Å². The van der Waals surface area contributed by atoms with Crippen molar-refractivity contribution < 1.29 is 27.9 Å². The minimum atomic E-state index is -5.08. The largest absolute Gasteiger partial charge is 0.490 e. The van der Waals surface area contributed by atoms with Crippen molar-refractivity contribution in [2.75, 3.05) is 20.6 Å². The number of amides is 1. The summed E-state index contributed by atoms with van der Waals surface area (Å²) in [5.41, 5.74) is 2.42. The maximum absolute atomic E-state index is 12.6. The Morgan fingerprint density at radius 2 is 1.90 bits per heavy atom. The van der Waals surface area contributed by atoms with Crippen LogP contribution in [0.2, 0.25) is 0 Å². The van der Waals surface area contributed by atoms with Gasteiger partial charge in [-0.1, -0.05) is 41.7 Å². The van der Waals surface area contributed by atoms with E-state index in [4.69, 9.17) is 9.90 Å². The molecule has 0 radical (unpaired) electrons. The molecule has 12 heteroatoms. The molecule has 0 aliphatic rings. The summed E-state index contributed by atoms with van der Waals surface area (Å²) in [6, 6.07) is 11.7. The SMILES string of the molecule is CN(C)C[C@H](NC(=O)c1cc2nc(Br)sc2[nH]1)c1ccccc1.O=C(O)C(F)(F)F. The average molecular weight is 507 g/mol. The van der Waals surface area contributed by atoms with E-state index in [1.165, 1.54) is 11.3 Å². The number of nitrogens with one attached hydrogen (secondary N) is 2. The molecular formula is C18H18BrF3N4O3S. The summed E-state index contributed by atoms with van der Waals surface area (Å²) in [7, 11) is 3.99. The molecule has 0 aliphatic carbocycles. The first-order chi connectivity index (χ1) is 14.0. The van der Waals surface area contributed by atoms with Crippen molar-refractivity contribution >= 4 is 49.5 Å². The van der Waals surface area contributed by atoms with Gasteiger partial charge in [-0.3, -0.25) is 4.79 Å². The van der Waals surface area contributed by atoms with Crippen molar-refractivity contribution in [1.29, 1.82) is 0 Å². The monoisotopic (exact) mass is 506 g/mol. The van der Waals surface area contributed by atoms with Crippen LogP contribution in [0.4, 0.5) is 13.2 Å². The summed E-state index contributed by atoms with van der Waals surface area (Å²) < 4.78 is 32.5. The molecule has 2 aromatic heterocycles. The fourth-order valence-corrected chi connectivity index (χ4v) is 3.79. The number of hydrogen-bond donors (Lipinski definition) is 3. The standard InChI is InChI=1S/C16H17BrN4OS.C2HF3O2/c1-21(2)9-13(10-6-4-3-5-7-10)18-14(22)11-8-12-15(19-11)23-16(17)20-12;3-2(4,5)1(6)7/h3-8,13,19H,9H2,1-2H3,(H,18,22);(H,6,7)/t13-;/m0./s1. The van der Waals surface area contributed by atoms with Crippen molar-refractivity contribution in [2.24, 2.45) is 0 Å². The molecule has 3 rings (SSSR count). The second-order valence-corrected chi connectivity index (χ2v) is 8.64. The summed E-state index contributed by atoms with van der Waals surface area (Å²) in [5, 5.41) is 10.2. The second kappa shape index (κ2) is 10.0. The number of benzene rings is 1. The van der Waals surface area contributed by atoms with Crippen LogP contribution in [-0.2, 0) is 4.79 Å². The highest BCUT2D eigenvalue weighted by Crippen LogP contribution is 2.26. The molecule has 0 aliphatic heterocycles. The Kier molecular flexibility index (Phi) is 7.98. The van der Waals surface area contributed by atoms with E-state index in [0.717, 1.165) is 26.4 Å². The molecule has 0 bridgehead atoms. The van der Waals surface area contributed by atoms with Crippen LogP contribution in [0.25, 0.3) is 10.3 Å². The number of thiazole rings is 1. The third kappa shape index (κ3) is 6.82. The van der Waals surface area contributed by atoms with Gasteiger partial charge in [0, 0.05) is 6.54 Å². The van der Waals surface area contributed by atoms with Gasteiger partial charge >= 0.3 is 12.1 Å². The third-order valence-electron chi connectivity index (χ3n) is 3.70. The number of H-pyrrole nitrogens is 1. The average Bonchev–Trinajstić information content (AvgIpc) is 3.18. The first kappa shape index (κ1) is 23.8. The maximum Gasteiger partial charge on any atom is 0.490 e. The highest BCUT2D eigenvalue weighted by Gasteiger charge is 2.38. The minimum Gasteiger partial charge on any atom is -0.475 e. The number of rotatable bonds is 5. The topological polar surface area (TPSA) is 98.3 Å². The molecule has 2 heterocycles. The number of likely N-dealkylation sites (N-methyl/N-ethyl adjacent to an activating group) is 1. The lowest BCUT2D eigenvalue weighted by molar-refractivity contribution is -0.192. The number of carboxylic acids is 1. The third-order valence-corrected chi connectivity index (χ3v) is 5.14. The van der Waals surface area contributed by atoms with E-state index >= 15 is 0 Å². The Morgan fingerprint density at radius 3 is 2.40 bits per heavy atom. The molecule has 1 atom stereocenters. The molecule has 30 heavy (non-hydrogen) atoms. The van der Waals surface area contributed by atoms with Gasteiger partial charge in [0.2, 0.25) is 0 Å². The molecule has 0 saturated heterocycles. The maximum atomic E-state index is 12.6. The number of alkyl halides is 3. The molecule has 3 N–H and O–H groups in total. The molecular weight excluding hydrogens is 489 g/mol. The number of nitrogens with zero attached hydrogens (tertiary/aromatic N) is 2. The number of hydrogen-bond acceptors (Lipinski definition) is 5. The van der Waals surface area contributed by atoms with E-state index in [1.807, 2.05) is 44.4 Å². The Morgan fingerprint density at radius 1 is 1.30 bits per heavy atom. The van der Waals surface area contributed by atoms with E-state index in [2.05, 4.69) is 36.1 Å². The van der Waals surface area contributed by atoms with Gasteiger partial charge in [-0.2, -0.15) is 13.2 Å². The minimum absolute atomic E-state index is 0.0697. The van der Waals surface area contributed by atoms with Crippen molar-refractivity contribution in [3.8, 4) is 0 Å². The van der Waals surface area contributed by atoms with Gasteiger partial charge in [0.1, 0.15) is 16.0 Å². The van der Waals surface area contributed by atoms with Crippen molar-refractivity contribution in [1.82, 2.24) is 20.2 Å². The number of halogens is 4. The molecule has 0 fully saturated rings. The number of fused-ring (bicyclic) bond motifs is 1. The molecule has 162 valence electrons. The van der Waals surface area contributed by atoms with E-state index in [-0.39, 0.29) is 11.9 Å². The lowest BCUT2D eigenvalue weighted by Crippen LogP contribution is -2.35. The number of aliphatic carboxylic acids is 1. The summed E-state index contributed by atoms with van der Waals surface area (Å²) in [6.07, 6.45) is -5.08. The molecule has 1 amide bonds. The number of carboxylic acid groups (broad SMARTS) is 1. The molecule has 7 nitrogen and oxygen atoms in total. The number of carbonyl (C=O) groups excluding carboxylic acids is 1. The van der Waals surface area contributed by atoms with Crippen molar-refractivity contribution in [3.63, 3.8) is 0 Å². The molecule has 0 spiro atoms. The zero-order chi connectivity index (χ0) is 22.5. The number of aromatic amines is 1. The lowest BCUT2D eigenvalue weighted by atomic mass is 10.1. The van der Waals surface area contributed by atoms with Crippen LogP contribution >= 0.6 is 27.3 Å². The Bertz CT molecular complexity index is 974. The molecule has 0 saturated carbocycles. The van der Waals surface area contributed by atoms with Crippen molar-refractivity contribution in [3.05, 3.63) is 51.6 Å². The lowest BCUT2D eigenvalue weighted by Gasteiger charge is -2.22. The van der Waals surface area contributed by atoms with E-state index < -0.39 is 12.1 Å². The fourth-order valence-electron chi connectivity index (χ4n) is 2.43. The van der Waals surface area contributed by atoms with Crippen LogP contribution in [0.15, 0.2) is 40.3 Å². The highest BCUT2D eigenvalue weighted by molar-refractivity contribution is 9.11. The van der Waals surface area contributed by atoms with E-state index in [1.54, 1.807) is 6.07 Å². The van der Waals surface area contributed by atoms with Crippen LogP contribution in [0, 0.1) is 0 Å². The Labute approximate surface area is 182 Å². The zero-order valence-corrected chi connectivity index (χ0v) is 18.2. The van der Waals surface area contributed by atoms with E-state index in [9.17, 15) is 18.0 Å². The Balaban J connectivity index is 0.000000396. The van der Waals surface area contributed by atoms with Crippen LogP contribution in [-0.4, -0.2) is 58.7 Å². The summed E-state index contributed by atoms with van der Waals surface area (Å²) >= 11 is 4.82.